The van der Waals surface area contributed by atoms with Gasteiger partial charge in [0.15, 0.2) is 0 Å². The van der Waals surface area contributed by atoms with E-state index in [1.54, 1.807) is 6.07 Å². The van der Waals surface area contributed by atoms with Crippen LogP contribution < -0.4 is 5.48 Å². The summed E-state index contributed by atoms with van der Waals surface area (Å²) in [7, 11) is 0. The second-order valence-electron chi connectivity index (χ2n) is 7.81. The number of nitrogens with zero attached hydrogens (tertiary/aromatic N) is 2. The molecule has 2 aliphatic rings. The lowest BCUT2D eigenvalue weighted by atomic mass is 9.89. The largest absolute Gasteiger partial charge is 0.508 e. The summed E-state index contributed by atoms with van der Waals surface area (Å²) in [6, 6.07) is 5.26. The van der Waals surface area contributed by atoms with Crippen LogP contribution in [0, 0.1) is 0 Å². The van der Waals surface area contributed by atoms with E-state index in [2.05, 4.69) is 21.0 Å². The van der Waals surface area contributed by atoms with Gasteiger partial charge in [-0.3, -0.25) is 19.8 Å². The zero-order valence-electron chi connectivity index (χ0n) is 15.5. The second kappa shape index (κ2) is 7.88. The van der Waals surface area contributed by atoms with E-state index in [0.29, 0.717) is 11.7 Å². The van der Waals surface area contributed by atoms with Crippen molar-refractivity contribution < 1.29 is 15.1 Å². The van der Waals surface area contributed by atoms with Crippen LogP contribution in [-0.2, 0) is 4.79 Å². The highest BCUT2D eigenvalue weighted by Crippen LogP contribution is 2.34. The smallest absolute Gasteiger partial charge is 0.260 e. The molecule has 2 aromatic rings. The van der Waals surface area contributed by atoms with Gasteiger partial charge in [0.2, 0.25) is 0 Å². The number of rotatable bonds is 4. The summed E-state index contributed by atoms with van der Waals surface area (Å²) in [4.78, 5) is 19.8. The fraction of sp³-hybridized carbons (Fsp3) is 0.550. The van der Waals surface area contributed by atoms with Gasteiger partial charge in [-0.15, -0.1) is 0 Å². The van der Waals surface area contributed by atoms with E-state index >= 15 is 0 Å². The van der Waals surface area contributed by atoms with Crippen molar-refractivity contribution in [3.05, 3.63) is 30.0 Å². The Bertz CT molecular complexity index is 798. The van der Waals surface area contributed by atoms with Crippen molar-refractivity contribution in [1.82, 2.24) is 20.3 Å². The third-order valence-corrected chi connectivity index (χ3v) is 6.13. The van der Waals surface area contributed by atoms with Crippen LogP contribution in [-0.4, -0.2) is 63.3 Å². The molecule has 3 heterocycles. The zero-order chi connectivity index (χ0) is 18.8. The van der Waals surface area contributed by atoms with Crippen molar-refractivity contribution in [2.45, 2.75) is 44.1 Å². The third-order valence-electron chi connectivity index (χ3n) is 6.13. The molecule has 0 spiro atoms. The van der Waals surface area contributed by atoms with Crippen LogP contribution >= 0.6 is 0 Å². The summed E-state index contributed by atoms with van der Waals surface area (Å²) < 4.78 is 0. The Hall–Kier alpha value is -2.09. The lowest BCUT2D eigenvalue weighted by Crippen LogP contribution is -2.53. The van der Waals surface area contributed by atoms with Gasteiger partial charge >= 0.3 is 0 Å². The maximum atomic E-state index is 11.9. The lowest BCUT2D eigenvalue weighted by Gasteiger charge is -2.40. The van der Waals surface area contributed by atoms with Gasteiger partial charge in [0.05, 0.1) is 12.7 Å². The van der Waals surface area contributed by atoms with Gasteiger partial charge < -0.3 is 10.1 Å². The number of aromatic nitrogens is 1. The average Bonchev–Trinajstić information content (AvgIpc) is 3.11. The highest BCUT2D eigenvalue weighted by molar-refractivity contribution is 5.85. The number of likely N-dealkylation sites (tertiary alicyclic amines) is 2. The number of hydrogen-bond acceptors (Lipinski definition) is 5. The Kier molecular flexibility index (Phi) is 5.33. The summed E-state index contributed by atoms with van der Waals surface area (Å²) >= 11 is 0. The van der Waals surface area contributed by atoms with Gasteiger partial charge in [-0.2, -0.15) is 0 Å². The van der Waals surface area contributed by atoms with E-state index in [4.69, 9.17) is 5.21 Å². The van der Waals surface area contributed by atoms with Crippen LogP contribution in [0.5, 0.6) is 5.75 Å². The first-order valence-corrected chi connectivity index (χ1v) is 9.86. The number of aromatic amines is 1. The van der Waals surface area contributed by atoms with E-state index in [1.165, 1.54) is 5.56 Å². The summed E-state index contributed by atoms with van der Waals surface area (Å²) in [6.07, 6.45) is 7.15. The molecule has 1 amide bonds. The summed E-state index contributed by atoms with van der Waals surface area (Å²) in [5, 5.41) is 19.9. The number of amides is 1. The number of phenols is 1. The van der Waals surface area contributed by atoms with Crippen LogP contribution in [0.3, 0.4) is 0 Å². The number of phenolic OH excluding ortho intramolecular Hbond substituents is 1. The minimum atomic E-state index is -0.289. The number of H-pyrrole nitrogens is 1. The molecule has 1 atom stereocenters. The number of aromatic hydroxyl groups is 1. The molecule has 0 aliphatic carbocycles. The molecular weight excluding hydrogens is 344 g/mol. The van der Waals surface area contributed by atoms with Crippen molar-refractivity contribution in [3.8, 4) is 5.75 Å². The molecule has 2 aliphatic heterocycles. The number of hydrogen-bond donors (Lipinski definition) is 4. The number of carbonyl (C=O) groups is 1. The van der Waals surface area contributed by atoms with Crippen molar-refractivity contribution in [3.63, 3.8) is 0 Å². The van der Waals surface area contributed by atoms with Gasteiger partial charge in [0.25, 0.3) is 5.91 Å². The molecule has 2 fully saturated rings. The summed E-state index contributed by atoms with van der Waals surface area (Å²) in [6.45, 7) is 3.65. The molecule has 0 saturated carbocycles. The van der Waals surface area contributed by atoms with Gasteiger partial charge in [-0.05, 0) is 68.5 Å². The van der Waals surface area contributed by atoms with Crippen LogP contribution in [0.1, 0.15) is 43.6 Å². The van der Waals surface area contributed by atoms with E-state index in [0.717, 1.165) is 69.3 Å². The molecule has 0 radical (unpaired) electrons. The molecule has 7 heteroatoms. The zero-order valence-corrected chi connectivity index (χ0v) is 15.5. The number of carbonyl (C=O) groups excluding carboxylic acids is 1. The molecule has 27 heavy (non-hydrogen) atoms. The Balaban J connectivity index is 1.38. The third kappa shape index (κ3) is 3.81. The first-order valence-electron chi connectivity index (χ1n) is 9.86. The molecule has 2 saturated heterocycles. The number of piperidine rings is 2. The second-order valence-corrected chi connectivity index (χ2v) is 7.81. The predicted octanol–water partition coefficient (Wildman–Crippen LogP) is 2.37. The minimum absolute atomic E-state index is 0.224. The van der Waals surface area contributed by atoms with Crippen LogP contribution in [0.15, 0.2) is 24.4 Å². The Morgan fingerprint density at radius 3 is 2.78 bits per heavy atom. The van der Waals surface area contributed by atoms with Crippen molar-refractivity contribution in [1.29, 1.82) is 0 Å². The highest BCUT2D eigenvalue weighted by atomic mass is 16.5. The lowest BCUT2D eigenvalue weighted by molar-refractivity contribution is -0.137. The fourth-order valence-electron chi connectivity index (χ4n) is 4.64. The van der Waals surface area contributed by atoms with Crippen molar-refractivity contribution >= 4 is 16.8 Å². The first kappa shape index (κ1) is 18.3. The molecular formula is C20H28N4O3. The predicted molar refractivity (Wildman–Crippen MR) is 103 cm³/mol. The number of fused-ring (bicyclic) bond motifs is 1. The standard InChI is InChI=1S/C20H28N4O3/c25-15-4-5-18-16(11-15)17(12-21-18)14-6-9-23(10-7-14)13-24-8-2-1-3-19(24)20(26)22-27/h4-5,11-12,14,19,21,25,27H,1-3,6-10,13H2,(H,22,26). The molecule has 7 nitrogen and oxygen atoms in total. The van der Waals surface area contributed by atoms with Crippen molar-refractivity contribution in [2.24, 2.45) is 0 Å². The van der Waals surface area contributed by atoms with E-state index < -0.39 is 0 Å². The summed E-state index contributed by atoms with van der Waals surface area (Å²) in [5.74, 6) is 0.497. The minimum Gasteiger partial charge on any atom is -0.508 e. The number of benzene rings is 1. The summed E-state index contributed by atoms with van der Waals surface area (Å²) in [5.41, 5.74) is 4.18. The average molecular weight is 372 g/mol. The first-order chi connectivity index (χ1) is 13.2. The number of hydroxylamine groups is 1. The van der Waals surface area contributed by atoms with E-state index in [-0.39, 0.29) is 11.9 Å². The molecule has 1 unspecified atom stereocenters. The van der Waals surface area contributed by atoms with Gasteiger partial charge in [-0.1, -0.05) is 6.42 Å². The Morgan fingerprint density at radius 1 is 1.19 bits per heavy atom. The molecule has 1 aromatic heterocycles. The number of nitrogens with one attached hydrogen (secondary N) is 2. The molecule has 146 valence electrons. The maximum absolute atomic E-state index is 11.9. The quantitative estimate of drug-likeness (QED) is 0.489. The molecule has 4 rings (SSSR count). The SMILES string of the molecule is O=C(NO)C1CCCCN1CN1CCC(c2c[nH]c3ccc(O)cc23)CC1. The topological polar surface area (TPSA) is 91.8 Å². The van der Waals surface area contributed by atoms with Crippen molar-refractivity contribution in [2.75, 3.05) is 26.3 Å². The Labute approximate surface area is 158 Å². The van der Waals surface area contributed by atoms with Gasteiger partial charge in [-0.25, -0.2) is 5.48 Å². The van der Waals surface area contributed by atoms with E-state index in [1.807, 2.05) is 17.6 Å². The molecule has 1 aromatic carbocycles. The van der Waals surface area contributed by atoms with Gasteiger partial charge in [0.1, 0.15) is 5.75 Å². The van der Waals surface area contributed by atoms with Crippen LogP contribution in [0.25, 0.3) is 10.9 Å². The van der Waals surface area contributed by atoms with Gasteiger partial charge in [0, 0.05) is 23.6 Å². The monoisotopic (exact) mass is 372 g/mol. The maximum Gasteiger partial charge on any atom is 0.260 e. The molecule has 0 bridgehead atoms. The van der Waals surface area contributed by atoms with Crippen LogP contribution in [0.2, 0.25) is 0 Å². The Morgan fingerprint density at radius 2 is 2.00 bits per heavy atom. The van der Waals surface area contributed by atoms with Crippen LogP contribution in [0.4, 0.5) is 0 Å². The van der Waals surface area contributed by atoms with E-state index in [9.17, 15) is 9.90 Å². The fourth-order valence-corrected chi connectivity index (χ4v) is 4.64. The normalized spacial score (nSPS) is 22.9. The molecule has 4 N–H and O–H groups in total. The highest BCUT2D eigenvalue weighted by Gasteiger charge is 2.31.